The van der Waals surface area contributed by atoms with Gasteiger partial charge in [-0.05, 0) is 53.7 Å². The maximum absolute atomic E-state index is 11.9. The van der Waals surface area contributed by atoms with Crippen LogP contribution in [0, 0.1) is 0 Å². The average molecular weight is 388 g/mol. The maximum atomic E-state index is 11.9. The van der Waals surface area contributed by atoms with Crippen LogP contribution in [-0.4, -0.2) is 36.4 Å². The molecule has 0 radical (unpaired) electrons. The van der Waals surface area contributed by atoms with Gasteiger partial charge in [-0.15, -0.1) is 0 Å². The third-order valence-electron chi connectivity index (χ3n) is 3.38. The summed E-state index contributed by atoms with van der Waals surface area (Å²) in [6.45, 7) is 10.4. The Bertz CT molecular complexity index is 772. The first-order valence-electron chi connectivity index (χ1n) is 9.16. The molecule has 152 valence electrons. The van der Waals surface area contributed by atoms with Gasteiger partial charge in [0, 0.05) is 10.8 Å². The zero-order valence-corrected chi connectivity index (χ0v) is 17.3. The van der Waals surface area contributed by atoms with Crippen molar-refractivity contribution < 1.29 is 28.5 Å². The highest BCUT2D eigenvalue weighted by atomic mass is 16.6. The zero-order chi connectivity index (χ0) is 20.9. The molecule has 0 bridgehead atoms. The van der Waals surface area contributed by atoms with Crippen molar-refractivity contribution >= 4 is 22.7 Å². The molecule has 0 aliphatic rings. The largest absolute Gasteiger partial charge is 0.481 e. The Morgan fingerprint density at radius 3 is 1.36 bits per heavy atom. The van der Waals surface area contributed by atoms with Crippen LogP contribution >= 0.6 is 0 Å². The van der Waals surface area contributed by atoms with Crippen molar-refractivity contribution in [2.24, 2.45) is 0 Å². The standard InChI is InChI=1S/C22H28O6/c1-21(2,3)27-19(23)13-25-17-11-12-18(16-10-8-7-9-15(16)17)26-14-20(24)28-22(4,5)6/h7-12H,13-14H2,1-6H3. The summed E-state index contributed by atoms with van der Waals surface area (Å²) in [6.07, 6.45) is 0. The SMILES string of the molecule is CC(C)(C)OC(=O)COc1ccc(OCC(=O)OC(C)(C)C)c2ccccc12. The van der Waals surface area contributed by atoms with Gasteiger partial charge in [0.05, 0.1) is 0 Å². The van der Waals surface area contributed by atoms with Crippen molar-refractivity contribution in [2.75, 3.05) is 13.2 Å². The van der Waals surface area contributed by atoms with Gasteiger partial charge in [-0.25, -0.2) is 9.59 Å². The minimum Gasteiger partial charge on any atom is -0.481 e. The fourth-order valence-corrected chi connectivity index (χ4v) is 2.51. The fourth-order valence-electron chi connectivity index (χ4n) is 2.51. The molecule has 0 heterocycles. The van der Waals surface area contributed by atoms with Crippen LogP contribution in [0.2, 0.25) is 0 Å². The molecule has 6 heteroatoms. The third-order valence-corrected chi connectivity index (χ3v) is 3.38. The van der Waals surface area contributed by atoms with E-state index in [9.17, 15) is 9.59 Å². The van der Waals surface area contributed by atoms with E-state index in [-0.39, 0.29) is 13.2 Å². The Morgan fingerprint density at radius 1 is 0.679 bits per heavy atom. The molecule has 0 N–H and O–H groups in total. The summed E-state index contributed by atoms with van der Waals surface area (Å²) >= 11 is 0. The number of fused-ring (bicyclic) bond motifs is 1. The Morgan fingerprint density at radius 2 is 1.04 bits per heavy atom. The molecular formula is C22H28O6. The molecule has 0 amide bonds. The second kappa shape index (κ2) is 8.50. The molecule has 0 unspecified atom stereocenters. The highest BCUT2D eigenvalue weighted by molar-refractivity contribution is 5.93. The molecule has 0 aromatic heterocycles. The first kappa shape index (κ1) is 21.5. The quantitative estimate of drug-likeness (QED) is 0.688. The van der Waals surface area contributed by atoms with E-state index in [0.29, 0.717) is 11.5 Å². The maximum Gasteiger partial charge on any atom is 0.344 e. The lowest BCUT2D eigenvalue weighted by molar-refractivity contribution is -0.158. The van der Waals surface area contributed by atoms with E-state index in [0.717, 1.165) is 10.8 Å². The smallest absolute Gasteiger partial charge is 0.344 e. The summed E-state index contributed by atoms with van der Waals surface area (Å²) < 4.78 is 21.8. The third kappa shape index (κ3) is 6.76. The topological polar surface area (TPSA) is 71.1 Å². The number of ether oxygens (including phenoxy) is 4. The molecule has 0 saturated carbocycles. The first-order chi connectivity index (χ1) is 12.9. The van der Waals surface area contributed by atoms with Crippen molar-refractivity contribution in [3.8, 4) is 11.5 Å². The molecule has 2 aromatic carbocycles. The molecule has 0 atom stereocenters. The molecule has 6 nitrogen and oxygen atoms in total. The molecule has 0 aliphatic carbocycles. The highest BCUT2D eigenvalue weighted by Crippen LogP contribution is 2.33. The van der Waals surface area contributed by atoms with Crippen LogP contribution in [0.3, 0.4) is 0 Å². The van der Waals surface area contributed by atoms with E-state index < -0.39 is 23.1 Å². The second-order valence-corrected chi connectivity index (χ2v) is 8.36. The zero-order valence-electron chi connectivity index (χ0n) is 17.3. The molecule has 0 saturated heterocycles. The number of benzene rings is 2. The van der Waals surface area contributed by atoms with Crippen LogP contribution in [-0.2, 0) is 19.1 Å². The van der Waals surface area contributed by atoms with Gasteiger partial charge in [-0.1, -0.05) is 24.3 Å². The van der Waals surface area contributed by atoms with Crippen molar-refractivity contribution in [3.05, 3.63) is 36.4 Å². The second-order valence-electron chi connectivity index (χ2n) is 8.36. The predicted molar refractivity (Wildman–Crippen MR) is 107 cm³/mol. The van der Waals surface area contributed by atoms with Gasteiger partial charge in [0.15, 0.2) is 13.2 Å². The monoisotopic (exact) mass is 388 g/mol. The van der Waals surface area contributed by atoms with Crippen molar-refractivity contribution in [1.82, 2.24) is 0 Å². The summed E-state index contributed by atoms with van der Waals surface area (Å²) in [4.78, 5) is 23.8. The van der Waals surface area contributed by atoms with Gasteiger partial charge < -0.3 is 18.9 Å². The van der Waals surface area contributed by atoms with Gasteiger partial charge in [0.25, 0.3) is 0 Å². The first-order valence-corrected chi connectivity index (χ1v) is 9.16. The van der Waals surface area contributed by atoms with E-state index in [1.54, 1.807) is 53.7 Å². The summed E-state index contributed by atoms with van der Waals surface area (Å²) in [6, 6.07) is 10.9. The van der Waals surface area contributed by atoms with Crippen LogP contribution in [0.5, 0.6) is 11.5 Å². The van der Waals surface area contributed by atoms with Crippen LogP contribution in [0.25, 0.3) is 10.8 Å². The Balaban J connectivity index is 2.12. The van der Waals surface area contributed by atoms with Gasteiger partial charge in [-0.3, -0.25) is 0 Å². The van der Waals surface area contributed by atoms with Crippen LogP contribution in [0.4, 0.5) is 0 Å². The van der Waals surface area contributed by atoms with Crippen molar-refractivity contribution in [1.29, 1.82) is 0 Å². The van der Waals surface area contributed by atoms with Gasteiger partial charge in [0.2, 0.25) is 0 Å². The minimum atomic E-state index is -0.568. The molecule has 28 heavy (non-hydrogen) atoms. The number of esters is 2. The van der Waals surface area contributed by atoms with Crippen LogP contribution < -0.4 is 9.47 Å². The predicted octanol–water partition coefficient (Wildman–Crippen LogP) is 4.28. The van der Waals surface area contributed by atoms with Gasteiger partial charge >= 0.3 is 11.9 Å². The van der Waals surface area contributed by atoms with Crippen molar-refractivity contribution in [2.45, 2.75) is 52.7 Å². The van der Waals surface area contributed by atoms with E-state index in [1.165, 1.54) is 0 Å². The van der Waals surface area contributed by atoms with E-state index in [2.05, 4.69) is 0 Å². The molecular weight excluding hydrogens is 360 g/mol. The molecule has 0 fully saturated rings. The van der Waals surface area contributed by atoms with Crippen LogP contribution in [0.15, 0.2) is 36.4 Å². The van der Waals surface area contributed by atoms with E-state index in [4.69, 9.17) is 18.9 Å². The normalized spacial score (nSPS) is 11.8. The van der Waals surface area contributed by atoms with Crippen LogP contribution in [0.1, 0.15) is 41.5 Å². The Hall–Kier alpha value is -2.76. The molecule has 2 aromatic rings. The van der Waals surface area contributed by atoms with Crippen molar-refractivity contribution in [3.63, 3.8) is 0 Å². The highest BCUT2D eigenvalue weighted by Gasteiger charge is 2.19. The molecule has 0 aliphatic heterocycles. The van der Waals surface area contributed by atoms with E-state index in [1.807, 2.05) is 24.3 Å². The Labute approximate surface area is 165 Å². The number of hydrogen-bond acceptors (Lipinski definition) is 6. The summed E-state index contributed by atoms with van der Waals surface area (Å²) in [5.41, 5.74) is -1.14. The summed E-state index contributed by atoms with van der Waals surface area (Å²) in [5.74, 6) is 0.181. The van der Waals surface area contributed by atoms with Gasteiger partial charge in [0.1, 0.15) is 22.7 Å². The lowest BCUT2D eigenvalue weighted by atomic mass is 10.1. The Kier molecular flexibility index (Phi) is 6.54. The number of rotatable bonds is 6. The number of carbonyl (C=O) groups is 2. The molecule has 0 spiro atoms. The number of carbonyl (C=O) groups excluding carboxylic acids is 2. The average Bonchev–Trinajstić information content (AvgIpc) is 2.55. The fraction of sp³-hybridized carbons (Fsp3) is 0.455. The minimum absolute atomic E-state index is 0.195. The summed E-state index contributed by atoms with van der Waals surface area (Å²) in [5, 5.41) is 1.54. The lowest BCUT2D eigenvalue weighted by Crippen LogP contribution is -2.27. The number of hydrogen-bond donors (Lipinski definition) is 0. The van der Waals surface area contributed by atoms with E-state index >= 15 is 0 Å². The summed E-state index contributed by atoms with van der Waals surface area (Å²) in [7, 11) is 0. The van der Waals surface area contributed by atoms with Gasteiger partial charge in [-0.2, -0.15) is 0 Å². The molecule has 2 rings (SSSR count). The lowest BCUT2D eigenvalue weighted by Gasteiger charge is -2.20.